The van der Waals surface area contributed by atoms with E-state index in [2.05, 4.69) is 9.97 Å². The Hall–Kier alpha value is -3.10. The van der Waals surface area contributed by atoms with Crippen LogP contribution in [-0.4, -0.2) is 29.6 Å². The maximum atomic E-state index is 13.4. The van der Waals surface area contributed by atoms with Crippen molar-refractivity contribution in [2.24, 2.45) is 0 Å². The van der Waals surface area contributed by atoms with Gasteiger partial charge in [-0.3, -0.25) is 4.98 Å². The van der Waals surface area contributed by atoms with Crippen molar-refractivity contribution in [2.45, 2.75) is 15.8 Å². The molecule has 0 spiro atoms. The third kappa shape index (κ3) is 5.15. The van der Waals surface area contributed by atoms with Crippen LogP contribution in [0.3, 0.4) is 0 Å². The molecule has 2 aromatic carbocycles. The van der Waals surface area contributed by atoms with Gasteiger partial charge in [-0.2, -0.15) is 0 Å². The second kappa shape index (κ2) is 8.95. The van der Waals surface area contributed by atoms with Crippen LogP contribution in [0.2, 0.25) is 0 Å². The molecule has 0 aliphatic carbocycles. The Kier molecular flexibility index (Phi) is 6.11. The van der Waals surface area contributed by atoms with E-state index >= 15 is 0 Å². The topological polar surface area (TPSA) is 72.8 Å². The Morgan fingerprint density at radius 1 is 0.903 bits per heavy atom. The lowest BCUT2D eigenvalue weighted by molar-refractivity contribution is 0.602. The number of nitrogens with zero attached hydrogens (tertiary/aromatic N) is 3. The van der Waals surface area contributed by atoms with Crippen LogP contribution in [0.15, 0.2) is 89.3 Å². The van der Waals surface area contributed by atoms with Crippen molar-refractivity contribution < 1.29 is 12.8 Å². The summed E-state index contributed by atoms with van der Waals surface area (Å²) in [7, 11) is -3.22. The fourth-order valence-electron chi connectivity index (χ4n) is 2.99. The lowest BCUT2D eigenvalue weighted by Gasteiger charge is -2.11. The molecule has 0 unspecified atom stereocenters. The molecule has 0 bridgehead atoms. The molecule has 2 aromatic heterocycles. The predicted molar refractivity (Wildman–Crippen MR) is 120 cm³/mol. The number of pyridine rings is 1. The van der Waals surface area contributed by atoms with Gasteiger partial charge in [0.05, 0.1) is 10.6 Å². The zero-order valence-electron chi connectivity index (χ0n) is 16.6. The first-order valence-electron chi connectivity index (χ1n) is 9.35. The van der Waals surface area contributed by atoms with Gasteiger partial charge in [-0.15, -0.1) is 0 Å². The zero-order chi connectivity index (χ0) is 21.8. The monoisotopic (exact) mass is 451 g/mol. The molecule has 0 saturated carbocycles. The second-order valence-corrected chi connectivity index (χ2v) is 9.82. The lowest BCUT2D eigenvalue weighted by Crippen LogP contribution is -1.97. The van der Waals surface area contributed by atoms with Crippen LogP contribution in [-0.2, 0) is 15.6 Å². The first-order chi connectivity index (χ1) is 14.9. The molecule has 0 radical (unpaired) electrons. The van der Waals surface area contributed by atoms with E-state index in [0.29, 0.717) is 16.6 Å². The van der Waals surface area contributed by atoms with E-state index in [1.54, 1.807) is 55.0 Å². The number of sulfone groups is 1. The summed E-state index contributed by atoms with van der Waals surface area (Å²) in [6.45, 7) is 0. The minimum atomic E-state index is -3.22. The average molecular weight is 452 g/mol. The SMILES string of the molecule is CS(=O)(=O)c1ccc(CSc2ncc(-c3ccncc3)c(-c3ccc(F)cc3)n2)cc1. The molecule has 0 fully saturated rings. The number of aromatic nitrogens is 3. The maximum Gasteiger partial charge on any atom is 0.188 e. The molecule has 156 valence electrons. The third-order valence-corrected chi connectivity index (χ3v) is 6.66. The number of benzene rings is 2. The van der Waals surface area contributed by atoms with Gasteiger partial charge in [-0.05, 0) is 59.7 Å². The zero-order valence-corrected chi connectivity index (χ0v) is 18.2. The summed E-state index contributed by atoms with van der Waals surface area (Å²) in [5, 5.41) is 0.573. The molecule has 8 heteroatoms. The van der Waals surface area contributed by atoms with Gasteiger partial charge < -0.3 is 0 Å². The summed E-state index contributed by atoms with van der Waals surface area (Å²) >= 11 is 1.44. The van der Waals surface area contributed by atoms with E-state index in [0.717, 1.165) is 22.3 Å². The normalized spacial score (nSPS) is 11.4. The largest absolute Gasteiger partial charge is 0.265 e. The van der Waals surface area contributed by atoms with Gasteiger partial charge in [0.1, 0.15) is 5.82 Å². The van der Waals surface area contributed by atoms with Gasteiger partial charge in [0.2, 0.25) is 0 Å². The van der Waals surface area contributed by atoms with E-state index in [1.165, 1.54) is 30.2 Å². The number of halogens is 1. The van der Waals surface area contributed by atoms with Gasteiger partial charge in [0.25, 0.3) is 0 Å². The minimum absolute atomic E-state index is 0.290. The first-order valence-corrected chi connectivity index (χ1v) is 12.2. The van der Waals surface area contributed by atoms with Crippen LogP contribution >= 0.6 is 11.8 Å². The molecular formula is C23H18FN3O2S2. The van der Waals surface area contributed by atoms with E-state index in [-0.39, 0.29) is 10.7 Å². The van der Waals surface area contributed by atoms with Gasteiger partial charge in [0, 0.05) is 41.7 Å². The van der Waals surface area contributed by atoms with Crippen molar-refractivity contribution >= 4 is 21.6 Å². The molecule has 0 aliphatic heterocycles. The van der Waals surface area contributed by atoms with Gasteiger partial charge in [0.15, 0.2) is 15.0 Å². The van der Waals surface area contributed by atoms with Crippen LogP contribution in [0, 0.1) is 5.82 Å². The van der Waals surface area contributed by atoms with Crippen LogP contribution in [0.5, 0.6) is 0 Å². The van der Waals surface area contributed by atoms with E-state index in [9.17, 15) is 12.8 Å². The first kappa shape index (κ1) is 21.1. The van der Waals surface area contributed by atoms with E-state index in [4.69, 9.17) is 4.98 Å². The van der Waals surface area contributed by atoms with Crippen molar-refractivity contribution in [3.63, 3.8) is 0 Å². The molecule has 0 N–H and O–H groups in total. The fourth-order valence-corrected chi connectivity index (χ4v) is 4.39. The van der Waals surface area contributed by atoms with Crippen molar-refractivity contribution in [2.75, 3.05) is 6.26 Å². The highest BCUT2D eigenvalue weighted by Gasteiger charge is 2.13. The summed E-state index contributed by atoms with van der Waals surface area (Å²) in [5.41, 5.74) is 4.20. The Morgan fingerprint density at radius 2 is 1.58 bits per heavy atom. The summed E-state index contributed by atoms with van der Waals surface area (Å²) in [6, 6.07) is 16.7. The Bertz CT molecular complexity index is 1300. The van der Waals surface area contributed by atoms with Crippen LogP contribution in [0.25, 0.3) is 22.4 Å². The molecule has 0 aliphatic rings. The third-order valence-electron chi connectivity index (χ3n) is 4.60. The van der Waals surface area contributed by atoms with Crippen molar-refractivity contribution in [3.8, 4) is 22.4 Å². The average Bonchev–Trinajstić information content (AvgIpc) is 2.78. The second-order valence-electron chi connectivity index (χ2n) is 6.86. The number of thioether (sulfide) groups is 1. The number of rotatable bonds is 6. The van der Waals surface area contributed by atoms with Crippen LogP contribution < -0.4 is 0 Å². The summed E-state index contributed by atoms with van der Waals surface area (Å²) < 4.78 is 36.7. The molecule has 5 nitrogen and oxygen atoms in total. The quantitative estimate of drug-likeness (QED) is 0.302. The Morgan fingerprint density at radius 3 is 2.23 bits per heavy atom. The van der Waals surface area contributed by atoms with Crippen LogP contribution in [0.1, 0.15) is 5.56 Å². The predicted octanol–water partition coefficient (Wildman–Crippen LogP) is 5.04. The fraction of sp³-hybridized carbons (Fsp3) is 0.0870. The highest BCUT2D eigenvalue weighted by Crippen LogP contribution is 2.32. The Balaban J connectivity index is 1.63. The highest BCUT2D eigenvalue weighted by molar-refractivity contribution is 7.98. The lowest BCUT2D eigenvalue weighted by atomic mass is 10.0. The molecule has 31 heavy (non-hydrogen) atoms. The van der Waals surface area contributed by atoms with Crippen molar-refractivity contribution in [1.29, 1.82) is 0 Å². The number of hydrogen-bond acceptors (Lipinski definition) is 6. The van der Waals surface area contributed by atoms with Crippen molar-refractivity contribution in [3.05, 3.63) is 90.6 Å². The summed E-state index contributed by atoms with van der Waals surface area (Å²) in [4.78, 5) is 13.6. The van der Waals surface area contributed by atoms with E-state index < -0.39 is 9.84 Å². The minimum Gasteiger partial charge on any atom is -0.265 e. The molecule has 0 amide bonds. The Labute approximate surface area is 184 Å². The number of hydrogen-bond donors (Lipinski definition) is 0. The molecule has 4 rings (SSSR count). The maximum absolute atomic E-state index is 13.4. The van der Waals surface area contributed by atoms with Crippen LogP contribution in [0.4, 0.5) is 4.39 Å². The summed E-state index contributed by atoms with van der Waals surface area (Å²) in [6.07, 6.45) is 6.35. The highest BCUT2D eigenvalue weighted by atomic mass is 32.2. The van der Waals surface area contributed by atoms with E-state index in [1.807, 2.05) is 12.1 Å². The molecule has 2 heterocycles. The standard InChI is InChI=1S/C23H18FN3O2S2/c1-31(28,29)20-8-2-16(3-9-20)15-30-23-26-14-21(17-10-12-25-13-11-17)22(27-23)18-4-6-19(24)7-5-18/h2-14H,15H2,1H3. The molecule has 4 aromatic rings. The molecular weight excluding hydrogens is 433 g/mol. The molecule has 0 saturated heterocycles. The van der Waals surface area contributed by atoms with Crippen molar-refractivity contribution in [1.82, 2.24) is 15.0 Å². The van der Waals surface area contributed by atoms with Gasteiger partial charge in [-0.25, -0.2) is 22.8 Å². The smallest absolute Gasteiger partial charge is 0.188 e. The molecule has 0 atom stereocenters. The van der Waals surface area contributed by atoms with Gasteiger partial charge in [-0.1, -0.05) is 23.9 Å². The summed E-state index contributed by atoms with van der Waals surface area (Å²) in [5.74, 6) is 0.275. The van der Waals surface area contributed by atoms with Gasteiger partial charge >= 0.3 is 0 Å².